The van der Waals surface area contributed by atoms with E-state index >= 15 is 0 Å². The molecule has 1 aliphatic heterocycles. The topological polar surface area (TPSA) is 152 Å². The highest BCUT2D eigenvalue weighted by molar-refractivity contribution is 7.85. The van der Waals surface area contributed by atoms with Gasteiger partial charge in [-0.3, -0.25) is 19.3 Å². The van der Waals surface area contributed by atoms with E-state index in [0.717, 1.165) is 6.26 Å². The van der Waals surface area contributed by atoms with E-state index in [9.17, 15) is 22.8 Å². The van der Waals surface area contributed by atoms with Crippen molar-refractivity contribution in [2.24, 2.45) is 0 Å². The summed E-state index contributed by atoms with van der Waals surface area (Å²) in [4.78, 5) is 37.5. The highest BCUT2D eigenvalue weighted by Gasteiger charge is 2.33. The van der Waals surface area contributed by atoms with Gasteiger partial charge in [0.25, 0.3) is 16.0 Å². The largest absolute Gasteiger partial charge is 0.465 e. The molecule has 3 rings (SSSR count). The maximum atomic E-state index is 12.5. The number of rotatable bonds is 7. The van der Waals surface area contributed by atoms with E-state index < -0.39 is 34.2 Å². The van der Waals surface area contributed by atoms with Crippen molar-refractivity contribution in [3.8, 4) is 0 Å². The number of methoxy groups -OCH3 is 1. The van der Waals surface area contributed by atoms with Crippen LogP contribution in [0.25, 0.3) is 0 Å². The van der Waals surface area contributed by atoms with E-state index in [2.05, 4.69) is 14.2 Å². The van der Waals surface area contributed by atoms with Gasteiger partial charge in [0.2, 0.25) is 0 Å². The predicted molar refractivity (Wildman–Crippen MR) is 117 cm³/mol. The number of nitrogens with one attached hydrogen (secondary N) is 2. The normalized spacial score (nSPS) is 15.6. The van der Waals surface area contributed by atoms with E-state index in [1.165, 1.54) is 48.4 Å². The van der Waals surface area contributed by atoms with Gasteiger partial charge in [0, 0.05) is 16.8 Å². The average Bonchev–Trinajstić information content (AvgIpc) is 3.17. The third kappa shape index (κ3) is 6.14. The second-order valence-corrected chi connectivity index (χ2v) is 8.70. The van der Waals surface area contributed by atoms with Crippen LogP contribution < -0.4 is 10.2 Å². The standard InChI is InChI=1S/C21H21N3O8S/c1-30-20(26)15-5-3-4-14(10-15)19(25)23-18(22)13-6-8-16(9-7-13)24-11-17(32-21(24)27)12-31-33(2,28)29/h3-10,17H,11-12H2,1-2H3,(H2,22,23,25). The Morgan fingerprint density at radius 2 is 1.82 bits per heavy atom. The molecule has 2 amide bonds. The van der Waals surface area contributed by atoms with Gasteiger partial charge in [-0.15, -0.1) is 0 Å². The molecular formula is C21H21N3O8S. The Labute approximate surface area is 189 Å². The summed E-state index contributed by atoms with van der Waals surface area (Å²) >= 11 is 0. The smallest absolute Gasteiger partial charge is 0.414 e. The van der Waals surface area contributed by atoms with Crippen LogP contribution in [0.3, 0.4) is 0 Å². The lowest BCUT2D eigenvalue weighted by molar-refractivity contribution is 0.0600. The number of benzene rings is 2. The quantitative estimate of drug-likeness (QED) is 0.265. The number of esters is 1. The summed E-state index contributed by atoms with van der Waals surface area (Å²) in [6.45, 7) is -0.189. The Morgan fingerprint density at radius 3 is 2.45 bits per heavy atom. The minimum absolute atomic E-state index is 0.0957. The number of anilines is 1. The molecule has 2 aromatic rings. The van der Waals surface area contributed by atoms with Gasteiger partial charge in [-0.1, -0.05) is 6.07 Å². The molecule has 1 fully saturated rings. The van der Waals surface area contributed by atoms with Crippen molar-refractivity contribution < 1.29 is 36.5 Å². The fraction of sp³-hybridized carbons (Fsp3) is 0.238. The third-order valence-electron chi connectivity index (χ3n) is 4.59. The van der Waals surface area contributed by atoms with Crippen molar-refractivity contribution in [3.63, 3.8) is 0 Å². The molecule has 0 saturated carbocycles. The molecule has 2 aromatic carbocycles. The molecule has 11 nitrogen and oxygen atoms in total. The first-order chi connectivity index (χ1) is 15.6. The number of amides is 2. The minimum atomic E-state index is -3.66. The van der Waals surface area contributed by atoms with E-state index in [1.54, 1.807) is 12.1 Å². The molecule has 1 saturated heterocycles. The van der Waals surface area contributed by atoms with E-state index in [4.69, 9.17) is 10.1 Å². The number of ether oxygens (including phenoxy) is 2. The van der Waals surface area contributed by atoms with Crippen LogP contribution in [0.1, 0.15) is 26.3 Å². The van der Waals surface area contributed by atoms with Gasteiger partial charge in [0.1, 0.15) is 18.5 Å². The van der Waals surface area contributed by atoms with Crippen molar-refractivity contribution in [2.45, 2.75) is 6.10 Å². The fourth-order valence-corrected chi connectivity index (χ4v) is 3.39. The first kappa shape index (κ1) is 23.9. The molecule has 2 N–H and O–H groups in total. The van der Waals surface area contributed by atoms with Crippen molar-refractivity contribution in [2.75, 3.05) is 31.4 Å². The Kier molecular flexibility index (Phi) is 7.09. The SMILES string of the molecule is COC(=O)c1cccc(C(=O)NC(=N)c2ccc(N3CC(COS(C)(=O)=O)OC3=O)cc2)c1. The summed E-state index contributed by atoms with van der Waals surface area (Å²) in [6, 6.07) is 12.1. The molecule has 174 valence electrons. The Bertz CT molecular complexity index is 1190. The third-order valence-corrected chi connectivity index (χ3v) is 5.16. The van der Waals surface area contributed by atoms with Crippen LogP contribution in [-0.4, -0.2) is 64.8 Å². The average molecular weight is 475 g/mol. The van der Waals surface area contributed by atoms with Gasteiger partial charge in [-0.05, 0) is 42.5 Å². The minimum Gasteiger partial charge on any atom is -0.465 e. The van der Waals surface area contributed by atoms with Gasteiger partial charge in [-0.25, -0.2) is 9.59 Å². The van der Waals surface area contributed by atoms with E-state index in [0.29, 0.717) is 11.3 Å². The lowest BCUT2D eigenvalue weighted by Crippen LogP contribution is -2.31. The second-order valence-electron chi connectivity index (χ2n) is 7.05. The molecular weight excluding hydrogens is 454 g/mol. The molecule has 0 aromatic heterocycles. The lowest BCUT2D eigenvalue weighted by Gasteiger charge is -2.14. The molecule has 1 unspecified atom stereocenters. The summed E-state index contributed by atoms with van der Waals surface area (Å²) in [5, 5.41) is 10.6. The van der Waals surface area contributed by atoms with Crippen LogP contribution in [0.2, 0.25) is 0 Å². The zero-order chi connectivity index (χ0) is 24.2. The first-order valence-corrected chi connectivity index (χ1v) is 11.4. The zero-order valence-corrected chi connectivity index (χ0v) is 18.5. The van der Waals surface area contributed by atoms with Crippen LogP contribution in [0.15, 0.2) is 48.5 Å². The first-order valence-electron chi connectivity index (χ1n) is 9.58. The van der Waals surface area contributed by atoms with E-state index in [-0.39, 0.29) is 30.1 Å². The molecule has 0 aliphatic carbocycles. The van der Waals surface area contributed by atoms with Gasteiger partial charge >= 0.3 is 12.1 Å². The molecule has 12 heteroatoms. The number of nitrogens with zero attached hydrogens (tertiary/aromatic N) is 1. The van der Waals surface area contributed by atoms with Crippen molar-refractivity contribution in [1.29, 1.82) is 5.41 Å². The molecule has 1 atom stereocenters. The van der Waals surface area contributed by atoms with Crippen LogP contribution in [-0.2, 0) is 23.8 Å². The molecule has 1 heterocycles. The van der Waals surface area contributed by atoms with Crippen molar-refractivity contribution >= 4 is 39.6 Å². The Hall–Kier alpha value is -3.77. The monoisotopic (exact) mass is 475 g/mol. The lowest BCUT2D eigenvalue weighted by atomic mass is 10.1. The summed E-state index contributed by atoms with van der Waals surface area (Å²) in [5.74, 6) is -1.34. The molecule has 33 heavy (non-hydrogen) atoms. The number of carbonyl (C=O) groups excluding carboxylic acids is 3. The van der Waals surface area contributed by atoms with Crippen LogP contribution in [0, 0.1) is 5.41 Å². The number of amidine groups is 1. The summed E-state index contributed by atoms with van der Waals surface area (Å²) < 4.78 is 36.6. The number of hydrogen-bond acceptors (Lipinski definition) is 9. The van der Waals surface area contributed by atoms with Gasteiger partial charge in [0.15, 0.2) is 0 Å². The molecule has 0 radical (unpaired) electrons. The summed E-state index contributed by atoms with van der Waals surface area (Å²) in [5.41, 5.74) is 1.23. The highest BCUT2D eigenvalue weighted by atomic mass is 32.2. The van der Waals surface area contributed by atoms with Crippen LogP contribution >= 0.6 is 0 Å². The van der Waals surface area contributed by atoms with Gasteiger partial charge < -0.3 is 14.8 Å². The van der Waals surface area contributed by atoms with Crippen LogP contribution in [0.4, 0.5) is 10.5 Å². The molecule has 0 spiro atoms. The van der Waals surface area contributed by atoms with Gasteiger partial charge in [0.05, 0.1) is 25.5 Å². The molecule has 0 bridgehead atoms. The number of hydrogen-bond donors (Lipinski definition) is 2. The highest BCUT2D eigenvalue weighted by Crippen LogP contribution is 2.22. The summed E-state index contributed by atoms with van der Waals surface area (Å²) in [7, 11) is -2.42. The fourth-order valence-electron chi connectivity index (χ4n) is 2.99. The maximum Gasteiger partial charge on any atom is 0.414 e. The van der Waals surface area contributed by atoms with Crippen molar-refractivity contribution in [3.05, 3.63) is 65.2 Å². The maximum absolute atomic E-state index is 12.5. The zero-order valence-electron chi connectivity index (χ0n) is 17.7. The van der Waals surface area contributed by atoms with Crippen LogP contribution in [0.5, 0.6) is 0 Å². The predicted octanol–water partition coefficient (Wildman–Crippen LogP) is 1.53. The second kappa shape index (κ2) is 9.79. The van der Waals surface area contributed by atoms with Gasteiger partial charge in [-0.2, -0.15) is 8.42 Å². The number of cyclic esters (lactones) is 1. The summed E-state index contributed by atoms with van der Waals surface area (Å²) in [6.07, 6.45) is -0.493. The molecule has 1 aliphatic rings. The Morgan fingerprint density at radius 1 is 1.15 bits per heavy atom. The van der Waals surface area contributed by atoms with Crippen molar-refractivity contribution in [1.82, 2.24) is 5.32 Å². The Balaban J connectivity index is 1.63. The van der Waals surface area contributed by atoms with E-state index in [1.807, 2.05) is 0 Å². The number of carbonyl (C=O) groups is 3.